The average molecular weight is 277 g/mol. The van der Waals surface area contributed by atoms with E-state index >= 15 is 0 Å². The summed E-state index contributed by atoms with van der Waals surface area (Å²) >= 11 is 0. The Labute approximate surface area is 122 Å². The topological polar surface area (TPSA) is 52.3 Å². The minimum atomic E-state index is 0.639. The molecule has 0 heterocycles. The summed E-state index contributed by atoms with van der Waals surface area (Å²) in [5.74, 6) is 0.919. The molecular weight excluding hydrogens is 250 g/mol. The van der Waals surface area contributed by atoms with Gasteiger partial charge in [0.1, 0.15) is 12.0 Å². The molecule has 3 heteroatoms. The Bertz CT molecular complexity index is 341. The van der Waals surface area contributed by atoms with Crippen LogP contribution in [0.5, 0.6) is 5.75 Å². The molecule has 0 radical (unpaired) electrons. The number of anilines is 1. The summed E-state index contributed by atoms with van der Waals surface area (Å²) in [6, 6.07) is 7.59. The van der Waals surface area contributed by atoms with E-state index in [-0.39, 0.29) is 0 Å². The Morgan fingerprint density at radius 3 is 2.20 bits per heavy atom. The second-order valence-electron chi connectivity index (χ2n) is 4.56. The number of rotatable bonds is 9. The molecule has 0 unspecified atom stereocenters. The Kier molecular flexibility index (Phi) is 12.4. The molecule has 1 aromatic carbocycles. The summed E-state index contributed by atoms with van der Waals surface area (Å²) in [6.07, 6.45) is 9.61. The fourth-order valence-electron chi connectivity index (χ4n) is 1.64. The molecule has 0 saturated carbocycles. The predicted molar refractivity (Wildman–Crippen MR) is 86.0 cm³/mol. The van der Waals surface area contributed by atoms with E-state index in [2.05, 4.69) is 13.5 Å². The number of benzene rings is 1. The van der Waals surface area contributed by atoms with E-state index in [0.29, 0.717) is 6.29 Å². The molecule has 0 saturated heterocycles. The molecule has 3 nitrogen and oxygen atoms in total. The molecule has 0 fully saturated rings. The van der Waals surface area contributed by atoms with E-state index in [4.69, 9.17) is 15.3 Å². The smallest absolute Gasteiger partial charge is 0.142 e. The van der Waals surface area contributed by atoms with Crippen LogP contribution in [0.25, 0.3) is 0 Å². The second kappa shape index (κ2) is 13.7. The van der Waals surface area contributed by atoms with Crippen LogP contribution in [-0.4, -0.2) is 12.9 Å². The van der Waals surface area contributed by atoms with Crippen molar-refractivity contribution in [2.24, 2.45) is 0 Å². The van der Waals surface area contributed by atoms with Crippen molar-refractivity contribution in [1.82, 2.24) is 0 Å². The van der Waals surface area contributed by atoms with Crippen LogP contribution in [0.1, 0.15) is 45.4 Å². The van der Waals surface area contributed by atoms with Crippen molar-refractivity contribution < 1.29 is 9.53 Å². The standard InChI is InChI=1S/C14H23NO.C3H4O/c1-2-3-4-5-6-7-12-16-14-10-8-13(15)9-11-14;1-2-3-4/h8-11H,2-7,12,15H2,1H3;2-3H,1H2. The number of carbonyl (C=O) groups excluding carboxylic acids is 1. The van der Waals surface area contributed by atoms with Gasteiger partial charge in [-0.15, -0.1) is 0 Å². The summed E-state index contributed by atoms with van der Waals surface area (Å²) < 4.78 is 5.61. The molecule has 0 amide bonds. The van der Waals surface area contributed by atoms with Gasteiger partial charge in [-0.25, -0.2) is 0 Å². The lowest BCUT2D eigenvalue weighted by atomic mass is 10.1. The number of allylic oxidation sites excluding steroid dienone is 1. The summed E-state index contributed by atoms with van der Waals surface area (Å²) in [4.78, 5) is 9.06. The highest BCUT2D eigenvalue weighted by atomic mass is 16.5. The first-order chi connectivity index (χ1) is 9.74. The highest BCUT2D eigenvalue weighted by Gasteiger charge is 1.94. The lowest BCUT2D eigenvalue weighted by Gasteiger charge is -2.06. The van der Waals surface area contributed by atoms with Crippen molar-refractivity contribution in [3.8, 4) is 5.75 Å². The van der Waals surface area contributed by atoms with Crippen LogP contribution in [0.2, 0.25) is 0 Å². The zero-order valence-corrected chi connectivity index (χ0v) is 12.5. The average Bonchev–Trinajstić information content (AvgIpc) is 2.48. The maximum Gasteiger partial charge on any atom is 0.142 e. The molecule has 0 aliphatic heterocycles. The van der Waals surface area contributed by atoms with E-state index in [9.17, 15) is 0 Å². The third-order valence-corrected chi connectivity index (χ3v) is 2.74. The number of unbranched alkanes of at least 4 members (excludes halogenated alkanes) is 5. The normalized spacial score (nSPS) is 9.25. The van der Waals surface area contributed by atoms with E-state index in [1.54, 1.807) is 0 Å². The molecule has 0 bridgehead atoms. The molecule has 0 atom stereocenters. The van der Waals surface area contributed by atoms with Crippen molar-refractivity contribution in [2.75, 3.05) is 12.3 Å². The van der Waals surface area contributed by atoms with Crippen LogP contribution < -0.4 is 10.5 Å². The van der Waals surface area contributed by atoms with Gasteiger partial charge in [-0.2, -0.15) is 0 Å². The highest BCUT2D eigenvalue weighted by molar-refractivity contribution is 5.63. The minimum Gasteiger partial charge on any atom is -0.494 e. The number of hydrogen-bond acceptors (Lipinski definition) is 3. The largest absolute Gasteiger partial charge is 0.494 e. The molecule has 1 aromatic rings. The summed E-state index contributed by atoms with van der Waals surface area (Å²) in [5.41, 5.74) is 6.38. The van der Waals surface area contributed by atoms with Crippen LogP contribution in [0.4, 0.5) is 5.69 Å². The minimum absolute atomic E-state index is 0.639. The first kappa shape index (κ1) is 18.2. The maximum absolute atomic E-state index is 9.06. The Morgan fingerprint density at radius 1 is 1.10 bits per heavy atom. The zero-order valence-electron chi connectivity index (χ0n) is 12.5. The molecule has 112 valence electrons. The van der Waals surface area contributed by atoms with Crippen LogP contribution in [0.15, 0.2) is 36.9 Å². The SMILES string of the molecule is C=CC=O.CCCCCCCCOc1ccc(N)cc1. The fraction of sp³-hybridized carbons (Fsp3) is 0.471. The second-order valence-corrected chi connectivity index (χ2v) is 4.56. The summed E-state index contributed by atoms with van der Waals surface area (Å²) in [5, 5.41) is 0. The van der Waals surface area contributed by atoms with Gasteiger partial charge in [0.15, 0.2) is 0 Å². The molecule has 20 heavy (non-hydrogen) atoms. The van der Waals surface area contributed by atoms with Gasteiger partial charge in [-0.3, -0.25) is 4.79 Å². The van der Waals surface area contributed by atoms with E-state index in [1.165, 1.54) is 38.2 Å². The molecule has 0 aromatic heterocycles. The van der Waals surface area contributed by atoms with Crippen molar-refractivity contribution in [3.63, 3.8) is 0 Å². The molecule has 0 aliphatic carbocycles. The lowest BCUT2D eigenvalue weighted by Crippen LogP contribution is -1.97. The lowest BCUT2D eigenvalue weighted by molar-refractivity contribution is -0.104. The van der Waals surface area contributed by atoms with Gasteiger partial charge in [0.2, 0.25) is 0 Å². The molecule has 0 aliphatic rings. The van der Waals surface area contributed by atoms with Crippen molar-refractivity contribution in [1.29, 1.82) is 0 Å². The van der Waals surface area contributed by atoms with Gasteiger partial charge in [-0.05, 0) is 36.8 Å². The number of nitrogens with two attached hydrogens (primary N) is 1. The monoisotopic (exact) mass is 277 g/mol. The van der Waals surface area contributed by atoms with Crippen molar-refractivity contribution >= 4 is 12.0 Å². The van der Waals surface area contributed by atoms with Crippen LogP contribution in [-0.2, 0) is 4.79 Å². The van der Waals surface area contributed by atoms with Crippen LogP contribution in [0.3, 0.4) is 0 Å². The molecule has 1 rings (SSSR count). The Morgan fingerprint density at radius 2 is 1.65 bits per heavy atom. The van der Waals surface area contributed by atoms with Crippen molar-refractivity contribution in [3.05, 3.63) is 36.9 Å². The zero-order chi connectivity index (χ0) is 15.1. The number of aldehydes is 1. The third kappa shape index (κ3) is 11.3. The Hall–Kier alpha value is -1.77. The fourth-order valence-corrected chi connectivity index (χ4v) is 1.64. The van der Waals surface area contributed by atoms with Gasteiger partial charge in [0.25, 0.3) is 0 Å². The van der Waals surface area contributed by atoms with E-state index in [0.717, 1.165) is 24.5 Å². The van der Waals surface area contributed by atoms with Gasteiger partial charge < -0.3 is 10.5 Å². The Balaban J connectivity index is 0.000000796. The van der Waals surface area contributed by atoms with Gasteiger partial charge >= 0.3 is 0 Å². The number of carbonyl (C=O) groups is 1. The van der Waals surface area contributed by atoms with E-state index in [1.807, 2.05) is 24.3 Å². The molecule has 2 N–H and O–H groups in total. The quantitative estimate of drug-likeness (QED) is 0.315. The number of ether oxygens (including phenoxy) is 1. The first-order valence-corrected chi connectivity index (χ1v) is 7.29. The summed E-state index contributed by atoms with van der Waals surface area (Å²) in [6.45, 7) is 6.17. The van der Waals surface area contributed by atoms with Gasteiger partial charge in [0.05, 0.1) is 6.61 Å². The maximum atomic E-state index is 9.06. The van der Waals surface area contributed by atoms with Crippen LogP contribution in [0, 0.1) is 0 Å². The molecule has 0 spiro atoms. The van der Waals surface area contributed by atoms with Crippen molar-refractivity contribution in [2.45, 2.75) is 45.4 Å². The first-order valence-electron chi connectivity index (χ1n) is 7.29. The molecular formula is C17H27NO2. The number of nitrogen functional groups attached to an aromatic ring is 1. The van der Waals surface area contributed by atoms with Crippen LogP contribution >= 0.6 is 0 Å². The van der Waals surface area contributed by atoms with Gasteiger partial charge in [-0.1, -0.05) is 45.6 Å². The van der Waals surface area contributed by atoms with Gasteiger partial charge in [0, 0.05) is 5.69 Å². The van der Waals surface area contributed by atoms with E-state index < -0.39 is 0 Å². The summed E-state index contributed by atoms with van der Waals surface area (Å²) in [7, 11) is 0. The third-order valence-electron chi connectivity index (χ3n) is 2.74. The number of hydrogen-bond donors (Lipinski definition) is 1. The predicted octanol–water partition coefficient (Wildman–Crippen LogP) is 4.38. The highest BCUT2D eigenvalue weighted by Crippen LogP contribution is 2.13.